The molecular formula is C11H22N2O. The van der Waals surface area contributed by atoms with E-state index in [0.29, 0.717) is 12.1 Å². The van der Waals surface area contributed by atoms with Gasteiger partial charge in [0.15, 0.2) is 0 Å². The molecule has 0 aromatic rings. The third kappa shape index (κ3) is 2.69. The molecule has 2 saturated heterocycles. The smallest absolute Gasteiger partial charge is 0.0643 e. The number of hydrogen-bond acceptors (Lipinski definition) is 3. The van der Waals surface area contributed by atoms with Crippen molar-refractivity contribution in [1.29, 1.82) is 0 Å². The van der Waals surface area contributed by atoms with Gasteiger partial charge in [-0.1, -0.05) is 0 Å². The van der Waals surface area contributed by atoms with Crippen molar-refractivity contribution >= 4 is 0 Å². The van der Waals surface area contributed by atoms with Crippen LogP contribution in [0, 0.1) is 0 Å². The van der Waals surface area contributed by atoms with Crippen LogP contribution in [0.4, 0.5) is 0 Å². The highest BCUT2D eigenvalue weighted by molar-refractivity contribution is 4.88. The van der Waals surface area contributed by atoms with Gasteiger partial charge in [0.25, 0.3) is 0 Å². The Morgan fingerprint density at radius 2 is 1.93 bits per heavy atom. The summed E-state index contributed by atoms with van der Waals surface area (Å²) in [5.41, 5.74) is 0.0879. The van der Waals surface area contributed by atoms with E-state index in [0.717, 1.165) is 26.1 Å². The molecule has 2 rings (SSSR count). The molecule has 3 heteroatoms. The first-order valence-corrected chi connectivity index (χ1v) is 5.76. The molecule has 1 atom stereocenters. The van der Waals surface area contributed by atoms with E-state index in [4.69, 9.17) is 4.74 Å². The monoisotopic (exact) mass is 198 g/mol. The maximum absolute atomic E-state index is 5.72. The molecule has 0 aromatic carbocycles. The molecule has 2 aliphatic heterocycles. The molecule has 2 aliphatic rings. The summed E-state index contributed by atoms with van der Waals surface area (Å²) in [7, 11) is 0. The van der Waals surface area contributed by atoms with Gasteiger partial charge in [-0.25, -0.2) is 0 Å². The first-order valence-electron chi connectivity index (χ1n) is 5.76. The summed E-state index contributed by atoms with van der Waals surface area (Å²) < 4.78 is 5.72. The predicted molar refractivity (Wildman–Crippen MR) is 57.5 cm³/mol. The van der Waals surface area contributed by atoms with Crippen LogP contribution in [0.25, 0.3) is 0 Å². The molecule has 2 N–H and O–H groups in total. The Bertz CT molecular complexity index is 188. The minimum atomic E-state index is 0.0879. The van der Waals surface area contributed by atoms with Crippen molar-refractivity contribution in [2.45, 2.75) is 50.8 Å². The minimum Gasteiger partial charge on any atom is -0.374 e. The van der Waals surface area contributed by atoms with Gasteiger partial charge in [0.2, 0.25) is 0 Å². The van der Waals surface area contributed by atoms with Crippen molar-refractivity contribution in [2.75, 3.05) is 19.7 Å². The molecule has 0 radical (unpaired) electrons. The fourth-order valence-electron chi connectivity index (χ4n) is 2.47. The zero-order valence-corrected chi connectivity index (χ0v) is 9.31. The van der Waals surface area contributed by atoms with Crippen LogP contribution in [0.2, 0.25) is 0 Å². The molecule has 2 heterocycles. The van der Waals surface area contributed by atoms with Crippen molar-refractivity contribution in [3.05, 3.63) is 0 Å². The van der Waals surface area contributed by atoms with Gasteiger partial charge in [0.05, 0.1) is 12.2 Å². The minimum absolute atomic E-state index is 0.0879. The molecule has 0 saturated carbocycles. The molecule has 0 bridgehead atoms. The van der Waals surface area contributed by atoms with Crippen LogP contribution in [0.15, 0.2) is 0 Å². The fourth-order valence-corrected chi connectivity index (χ4v) is 2.47. The number of rotatable bonds is 2. The second-order valence-electron chi connectivity index (χ2n) is 5.16. The Kier molecular flexibility index (Phi) is 3.10. The van der Waals surface area contributed by atoms with Crippen LogP contribution >= 0.6 is 0 Å². The number of ether oxygens (including phenoxy) is 1. The number of piperidine rings is 1. The molecule has 0 spiro atoms. The van der Waals surface area contributed by atoms with Gasteiger partial charge in [0, 0.05) is 12.1 Å². The van der Waals surface area contributed by atoms with Gasteiger partial charge >= 0.3 is 0 Å². The highest BCUT2D eigenvalue weighted by Gasteiger charge is 2.32. The average Bonchev–Trinajstić information content (AvgIpc) is 2.47. The summed E-state index contributed by atoms with van der Waals surface area (Å²) in [6.07, 6.45) is 3.67. The highest BCUT2D eigenvalue weighted by Crippen LogP contribution is 2.25. The van der Waals surface area contributed by atoms with Crippen LogP contribution in [-0.4, -0.2) is 37.4 Å². The molecule has 14 heavy (non-hydrogen) atoms. The molecule has 1 unspecified atom stereocenters. The van der Waals surface area contributed by atoms with Gasteiger partial charge < -0.3 is 15.4 Å². The first-order chi connectivity index (χ1) is 6.66. The lowest BCUT2D eigenvalue weighted by Gasteiger charge is -2.26. The molecular weight excluding hydrogens is 176 g/mol. The van der Waals surface area contributed by atoms with E-state index in [1.165, 1.54) is 12.8 Å². The first kappa shape index (κ1) is 10.4. The predicted octanol–water partition coefficient (Wildman–Crippen LogP) is 0.895. The summed E-state index contributed by atoms with van der Waals surface area (Å²) in [4.78, 5) is 0. The van der Waals surface area contributed by atoms with Crippen LogP contribution in [0.5, 0.6) is 0 Å². The van der Waals surface area contributed by atoms with Gasteiger partial charge in [-0.2, -0.15) is 0 Å². The maximum Gasteiger partial charge on any atom is 0.0643 e. The second-order valence-corrected chi connectivity index (χ2v) is 5.16. The lowest BCUT2D eigenvalue weighted by molar-refractivity contribution is 0.0355. The van der Waals surface area contributed by atoms with E-state index in [1.807, 2.05) is 0 Å². The third-order valence-electron chi connectivity index (χ3n) is 3.22. The van der Waals surface area contributed by atoms with Crippen molar-refractivity contribution in [3.8, 4) is 0 Å². The molecule has 82 valence electrons. The number of hydrogen-bond donors (Lipinski definition) is 2. The highest BCUT2D eigenvalue weighted by atomic mass is 16.5. The van der Waals surface area contributed by atoms with E-state index in [2.05, 4.69) is 24.5 Å². The summed E-state index contributed by atoms with van der Waals surface area (Å²) in [6.45, 7) is 7.56. The Morgan fingerprint density at radius 1 is 1.21 bits per heavy atom. The van der Waals surface area contributed by atoms with Crippen LogP contribution in [0.1, 0.15) is 33.1 Å². The fraction of sp³-hybridized carbons (Fsp3) is 1.00. The summed E-state index contributed by atoms with van der Waals surface area (Å²) >= 11 is 0. The summed E-state index contributed by atoms with van der Waals surface area (Å²) in [5, 5.41) is 7.09. The van der Waals surface area contributed by atoms with Crippen molar-refractivity contribution in [3.63, 3.8) is 0 Å². The maximum atomic E-state index is 5.72. The zero-order valence-electron chi connectivity index (χ0n) is 9.31. The zero-order chi connectivity index (χ0) is 10.0. The van der Waals surface area contributed by atoms with Crippen LogP contribution in [0.3, 0.4) is 0 Å². The summed E-state index contributed by atoms with van der Waals surface area (Å²) in [5.74, 6) is 0. The second kappa shape index (κ2) is 4.17. The summed E-state index contributed by atoms with van der Waals surface area (Å²) in [6, 6.07) is 1.28. The van der Waals surface area contributed by atoms with Gasteiger partial charge in [-0.3, -0.25) is 0 Å². The third-order valence-corrected chi connectivity index (χ3v) is 3.22. The van der Waals surface area contributed by atoms with E-state index in [-0.39, 0.29) is 5.60 Å². The van der Waals surface area contributed by atoms with Gasteiger partial charge in [-0.15, -0.1) is 0 Å². The lowest BCUT2D eigenvalue weighted by atomic mass is 10.0. The van der Waals surface area contributed by atoms with Crippen LogP contribution < -0.4 is 10.6 Å². The van der Waals surface area contributed by atoms with Gasteiger partial charge in [-0.05, 0) is 46.2 Å². The largest absolute Gasteiger partial charge is 0.374 e. The van der Waals surface area contributed by atoms with Crippen LogP contribution in [-0.2, 0) is 4.74 Å². The Hall–Kier alpha value is -0.120. The van der Waals surface area contributed by atoms with Crippen molar-refractivity contribution < 1.29 is 4.74 Å². The molecule has 0 amide bonds. The SMILES string of the molecule is CC1(C)CC(NC2CCNCC2)CO1. The van der Waals surface area contributed by atoms with E-state index in [1.54, 1.807) is 0 Å². The molecule has 3 nitrogen and oxygen atoms in total. The van der Waals surface area contributed by atoms with Gasteiger partial charge in [0.1, 0.15) is 0 Å². The average molecular weight is 198 g/mol. The Labute approximate surface area is 86.6 Å². The van der Waals surface area contributed by atoms with Crippen molar-refractivity contribution in [2.24, 2.45) is 0 Å². The quantitative estimate of drug-likeness (QED) is 0.691. The van der Waals surface area contributed by atoms with E-state index in [9.17, 15) is 0 Å². The van der Waals surface area contributed by atoms with Crippen molar-refractivity contribution in [1.82, 2.24) is 10.6 Å². The van der Waals surface area contributed by atoms with E-state index < -0.39 is 0 Å². The topological polar surface area (TPSA) is 33.3 Å². The normalized spacial score (nSPS) is 33.4. The molecule has 2 fully saturated rings. The van der Waals surface area contributed by atoms with E-state index >= 15 is 0 Å². The Balaban J connectivity index is 1.75. The lowest BCUT2D eigenvalue weighted by Crippen LogP contribution is -2.45. The Morgan fingerprint density at radius 3 is 2.50 bits per heavy atom. The standard InChI is InChI=1S/C11H22N2O/c1-11(2)7-10(8-14-11)13-9-3-5-12-6-4-9/h9-10,12-13H,3-8H2,1-2H3. The molecule has 0 aliphatic carbocycles. The number of nitrogens with one attached hydrogen (secondary N) is 2. The molecule has 0 aromatic heterocycles.